The third-order valence-corrected chi connectivity index (χ3v) is 3.50. The minimum absolute atomic E-state index is 0.224. The lowest BCUT2D eigenvalue weighted by Crippen LogP contribution is -2.33. The van der Waals surface area contributed by atoms with E-state index in [1.165, 1.54) is 0 Å². The Morgan fingerprint density at radius 2 is 1.79 bits per heavy atom. The van der Waals surface area contributed by atoms with Crippen LogP contribution < -0.4 is 10.2 Å². The zero-order valence-corrected chi connectivity index (χ0v) is 12.0. The smallest absolute Gasteiger partial charge is 0.244 e. The molecule has 1 rings (SSSR count). The van der Waals surface area contributed by atoms with E-state index in [4.69, 9.17) is 0 Å². The second-order valence-corrected chi connectivity index (χ2v) is 4.80. The molecule has 0 aliphatic rings. The fourth-order valence-corrected chi connectivity index (χ4v) is 1.87. The average molecular weight is 259 g/mol. The number of hydrogen-bond donors (Lipinski definition) is 1. The van der Waals surface area contributed by atoms with Crippen molar-refractivity contribution in [2.75, 3.05) is 24.3 Å². The molecule has 0 atom stereocenters. The number of hydrogen-bond acceptors (Lipinski definition) is 3. The summed E-state index contributed by atoms with van der Waals surface area (Å²) in [4.78, 5) is 14.2. The van der Waals surface area contributed by atoms with Crippen LogP contribution in [0.2, 0.25) is 0 Å². The molecule has 0 radical (unpaired) electrons. The molecule has 4 heteroatoms. The van der Waals surface area contributed by atoms with Gasteiger partial charge in [-0.05, 0) is 37.1 Å². The quantitative estimate of drug-likeness (QED) is 0.884. The van der Waals surface area contributed by atoms with Crippen molar-refractivity contribution in [1.82, 2.24) is 0 Å². The van der Waals surface area contributed by atoms with Crippen LogP contribution in [0.3, 0.4) is 0 Å². The summed E-state index contributed by atoms with van der Waals surface area (Å²) in [5, 5.41) is 12.0. The third kappa shape index (κ3) is 3.25. The highest BCUT2D eigenvalue weighted by molar-refractivity contribution is 5.97. The van der Waals surface area contributed by atoms with Gasteiger partial charge in [0.15, 0.2) is 0 Å². The standard InChI is InChI=1S/C15H21N3O/c1-5-15(6-2,11-16)14(19)17-12-7-9-13(10-8-12)18(3)4/h7-10H,5-6H2,1-4H3,(H,17,19). The van der Waals surface area contributed by atoms with Gasteiger partial charge in [0.25, 0.3) is 0 Å². The minimum Gasteiger partial charge on any atom is -0.378 e. The fraction of sp³-hybridized carbons (Fsp3) is 0.467. The lowest BCUT2D eigenvalue weighted by atomic mass is 9.83. The van der Waals surface area contributed by atoms with Crippen LogP contribution in [0.25, 0.3) is 0 Å². The number of amides is 1. The van der Waals surface area contributed by atoms with Crippen LogP contribution in [0.5, 0.6) is 0 Å². The molecule has 0 aliphatic carbocycles. The van der Waals surface area contributed by atoms with Gasteiger partial charge in [-0.15, -0.1) is 0 Å². The molecule has 1 amide bonds. The second kappa shape index (κ2) is 6.24. The van der Waals surface area contributed by atoms with Crippen molar-refractivity contribution >= 4 is 17.3 Å². The maximum Gasteiger partial charge on any atom is 0.244 e. The molecule has 4 nitrogen and oxygen atoms in total. The van der Waals surface area contributed by atoms with Gasteiger partial charge in [-0.2, -0.15) is 5.26 Å². The summed E-state index contributed by atoms with van der Waals surface area (Å²) in [5.74, 6) is -0.224. The first kappa shape index (κ1) is 15.0. The average Bonchev–Trinajstić information content (AvgIpc) is 2.42. The summed E-state index contributed by atoms with van der Waals surface area (Å²) in [6.45, 7) is 3.73. The molecular weight excluding hydrogens is 238 g/mol. The number of carbonyl (C=O) groups is 1. The van der Waals surface area contributed by atoms with E-state index in [0.717, 1.165) is 11.4 Å². The van der Waals surface area contributed by atoms with Crippen LogP contribution in [0.15, 0.2) is 24.3 Å². The minimum atomic E-state index is -0.930. The molecular formula is C15H21N3O. The second-order valence-electron chi connectivity index (χ2n) is 4.80. The monoisotopic (exact) mass is 259 g/mol. The molecule has 0 bridgehead atoms. The van der Waals surface area contributed by atoms with Crippen LogP contribution in [0.1, 0.15) is 26.7 Å². The molecule has 19 heavy (non-hydrogen) atoms. The number of nitriles is 1. The number of anilines is 2. The highest BCUT2D eigenvalue weighted by Crippen LogP contribution is 2.27. The Morgan fingerprint density at radius 1 is 1.26 bits per heavy atom. The van der Waals surface area contributed by atoms with Gasteiger partial charge in [-0.25, -0.2) is 0 Å². The van der Waals surface area contributed by atoms with Crippen LogP contribution >= 0.6 is 0 Å². The first-order chi connectivity index (χ1) is 8.99. The number of rotatable bonds is 5. The van der Waals surface area contributed by atoms with E-state index in [-0.39, 0.29) is 5.91 Å². The maximum absolute atomic E-state index is 12.2. The highest BCUT2D eigenvalue weighted by atomic mass is 16.2. The van der Waals surface area contributed by atoms with Gasteiger partial charge in [0.2, 0.25) is 5.91 Å². The Kier molecular flexibility index (Phi) is 4.94. The van der Waals surface area contributed by atoms with Gasteiger partial charge >= 0.3 is 0 Å². The molecule has 0 heterocycles. The Morgan fingerprint density at radius 3 is 2.16 bits per heavy atom. The van der Waals surface area contributed by atoms with Crippen molar-refractivity contribution in [2.45, 2.75) is 26.7 Å². The van der Waals surface area contributed by atoms with Gasteiger partial charge in [0.1, 0.15) is 5.41 Å². The molecule has 1 aromatic rings. The Bertz CT molecular complexity index is 467. The predicted octanol–water partition coefficient (Wildman–Crippen LogP) is 3.02. The Balaban J connectivity index is 2.85. The number of carbonyl (C=O) groups excluding carboxylic acids is 1. The van der Waals surface area contributed by atoms with Crippen LogP contribution in [0.4, 0.5) is 11.4 Å². The van der Waals surface area contributed by atoms with Gasteiger partial charge in [0.05, 0.1) is 6.07 Å². The summed E-state index contributed by atoms with van der Waals surface area (Å²) in [6.07, 6.45) is 1.03. The number of benzene rings is 1. The summed E-state index contributed by atoms with van der Waals surface area (Å²) in [6, 6.07) is 9.70. The van der Waals surface area contributed by atoms with Crippen molar-refractivity contribution in [3.05, 3.63) is 24.3 Å². The molecule has 0 spiro atoms. The number of nitrogens with one attached hydrogen (secondary N) is 1. The van der Waals surface area contributed by atoms with Crippen LogP contribution in [-0.2, 0) is 4.79 Å². The topological polar surface area (TPSA) is 56.1 Å². The van der Waals surface area contributed by atoms with Crippen molar-refractivity contribution < 1.29 is 4.79 Å². The molecule has 102 valence electrons. The van der Waals surface area contributed by atoms with E-state index in [1.807, 2.05) is 57.1 Å². The van der Waals surface area contributed by atoms with E-state index in [0.29, 0.717) is 12.8 Å². The lowest BCUT2D eigenvalue weighted by molar-refractivity contribution is -0.123. The molecule has 0 aromatic heterocycles. The fourth-order valence-electron chi connectivity index (χ4n) is 1.87. The molecule has 0 saturated carbocycles. The zero-order chi connectivity index (χ0) is 14.5. The number of nitrogens with zero attached hydrogens (tertiary/aromatic N) is 2. The van der Waals surface area contributed by atoms with Crippen LogP contribution in [-0.4, -0.2) is 20.0 Å². The summed E-state index contributed by atoms with van der Waals surface area (Å²) in [7, 11) is 3.92. The van der Waals surface area contributed by atoms with E-state index < -0.39 is 5.41 Å². The zero-order valence-electron chi connectivity index (χ0n) is 12.0. The molecule has 1 aromatic carbocycles. The Labute approximate surface area is 115 Å². The van der Waals surface area contributed by atoms with Crippen molar-refractivity contribution in [1.29, 1.82) is 5.26 Å². The first-order valence-electron chi connectivity index (χ1n) is 6.49. The van der Waals surface area contributed by atoms with E-state index in [9.17, 15) is 10.1 Å². The van der Waals surface area contributed by atoms with Crippen LogP contribution in [0, 0.1) is 16.7 Å². The molecule has 0 fully saturated rings. The van der Waals surface area contributed by atoms with Gasteiger partial charge in [-0.1, -0.05) is 13.8 Å². The SMILES string of the molecule is CCC(C#N)(CC)C(=O)Nc1ccc(N(C)C)cc1. The summed E-state index contributed by atoms with van der Waals surface area (Å²) >= 11 is 0. The Hall–Kier alpha value is -2.02. The summed E-state index contributed by atoms with van der Waals surface area (Å²) in [5.41, 5.74) is 0.855. The molecule has 0 saturated heterocycles. The van der Waals surface area contributed by atoms with Crippen molar-refractivity contribution in [3.63, 3.8) is 0 Å². The van der Waals surface area contributed by atoms with Gasteiger partial charge in [0, 0.05) is 25.5 Å². The van der Waals surface area contributed by atoms with E-state index in [1.54, 1.807) is 0 Å². The maximum atomic E-state index is 12.2. The van der Waals surface area contributed by atoms with E-state index >= 15 is 0 Å². The van der Waals surface area contributed by atoms with Crippen molar-refractivity contribution in [3.8, 4) is 6.07 Å². The predicted molar refractivity (Wildman–Crippen MR) is 78.0 cm³/mol. The first-order valence-corrected chi connectivity index (χ1v) is 6.49. The van der Waals surface area contributed by atoms with Gasteiger partial charge in [-0.3, -0.25) is 4.79 Å². The molecule has 0 aliphatic heterocycles. The van der Waals surface area contributed by atoms with E-state index in [2.05, 4.69) is 11.4 Å². The summed E-state index contributed by atoms with van der Waals surface area (Å²) < 4.78 is 0. The lowest BCUT2D eigenvalue weighted by Gasteiger charge is -2.22. The molecule has 0 unspecified atom stereocenters. The van der Waals surface area contributed by atoms with Crippen molar-refractivity contribution in [2.24, 2.45) is 5.41 Å². The largest absolute Gasteiger partial charge is 0.378 e. The molecule has 1 N–H and O–H groups in total. The van der Waals surface area contributed by atoms with Gasteiger partial charge < -0.3 is 10.2 Å². The normalized spacial score (nSPS) is 10.7. The highest BCUT2D eigenvalue weighted by Gasteiger charge is 2.34. The third-order valence-electron chi connectivity index (χ3n) is 3.50.